The van der Waals surface area contributed by atoms with Gasteiger partial charge in [-0.05, 0) is 30.2 Å². The first-order valence-corrected chi connectivity index (χ1v) is 9.09. The molecule has 0 fully saturated rings. The molecule has 6 nitrogen and oxygen atoms in total. The second-order valence-electron chi connectivity index (χ2n) is 6.20. The summed E-state index contributed by atoms with van der Waals surface area (Å²) in [4.78, 5) is 29.4. The van der Waals surface area contributed by atoms with E-state index in [0.29, 0.717) is 19.5 Å². The zero-order valence-corrected chi connectivity index (χ0v) is 15.7. The third-order valence-electron chi connectivity index (χ3n) is 4.27. The predicted octanol–water partition coefficient (Wildman–Crippen LogP) is 4.53. The Bertz CT molecular complexity index is 965. The number of nitro benzene ring substituents is 1. The fourth-order valence-electron chi connectivity index (χ4n) is 2.81. The summed E-state index contributed by atoms with van der Waals surface area (Å²) in [5.74, 6) is -0.290. The highest BCUT2D eigenvalue weighted by molar-refractivity contribution is 6.34. The number of rotatable bonds is 7. The molecule has 0 spiro atoms. The summed E-state index contributed by atoms with van der Waals surface area (Å²) in [5.41, 5.74) is 1.94. The lowest BCUT2D eigenvalue weighted by Gasteiger charge is -2.23. The Kier molecular flexibility index (Phi) is 6.34. The first kappa shape index (κ1) is 19.5. The Hall–Kier alpha value is -3.25. The number of hydrogen-bond acceptors (Lipinski definition) is 4. The van der Waals surface area contributed by atoms with Crippen LogP contribution in [0.3, 0.4) is 0 Å². The van der Waals surface area contributed by atoms with Crippen LogP contribution in [0, 0.1) is 10.1 Å². The SMILES string of the molecule is O=C(c1ccc([N+](=O)[O-])cc1Cl)N(CCc1ccccc1)Cc1ccccn1. The van der Waals surface area contributed by atoms with Gasteiger partial charge in [-0.2, -0.15) is 0 Å². The van der Waals surface area contributed by atoms with Crippen LogP contribution in [0.1, 0.15) is 21.6 Å². The van der Waals surface area contributed by atoms with Crippen molar-refractivity contribution in [3.8, 4) is 0 Å². The molecule has 0 aliphatic heterocycles. The number of halogens is 1. The van der Waals surface area contributed by atoms with Gasteiger partial charge >= 0.3 is 0 Å². The van der Waals surface area contributed by atoms with Crippen molar-refractivity contribution in [1.82, 2.24) is 9.88 Å². The molecule has 1 aromatic heterocycles. The standard InChI is InChI=1S/C21H18ClN3O3/c22-20-14-18(25(27)28)9-10-19(20)21(26)24(15-17-8-4-5-12-23-17)13-11-16-6-2-1-3-7-16/h1-10,12,14H,11,13,15H2. The quantitative estimate of drug-likeness (QED) is 0.435. The minimum Gasteiger partial charge on any atom is -0.332 e. The fraction of sp³-hybridized carbons (Fsp3) is 0.143. The Morgan fingerprint density at radius 1 is 1.07 bits per heavy atom. The summed E-state index contributed by atoms with van der Waals surface area (Å²) >= 11 is 6.16. The van der Waals surface area contributed by atoms with Crippen LogP contribution in [0.4, 0.5) is 5.69 Å². The number of benzene rings is 2. The van der Waals surface area contributed by atoms with Crippen LogP contribution in [0.2, 0.25) is 5.02 Å². The van der Waals surface area contributed by atoms with E-state index in [1.165, 1.54) is 18.2 Å². The average Bonchev–Trinajstić information content (AvgIpc) is 2.72. The molecule has 0 N–H and O–H groups in total. The number of non-ortho nitro benzene ring substituents is 1. The van der Waals surface area contributed by atoms with Crippen molar-refractivity contribution in [3.63, 3.8) is 0 Å². The molecular weight excluding hydrogens is 378 g/mol. The third kappa shape index (κ3) is 4.92. The Balaban J connectivity index is 1.84. The van der Waals surface area contributed by atoms with Crippen molar-refractivity contribution in [2.75, 3.05) is 6.54 Å². The summed E-state index contributed by atoms with van der Waals surface area (Å²) < 4.78 is 0. The maximum atomic E-state index is 13.1. The molecule has 28 heavy (non-hydrogen) atoms. The van der Waals surface area contributed by atoms with Crippen LogP contribution in [0.15, 0.2) is 72.9 Å². The smallest absolute Gasteiger partial charge is 0.270 e. The summed E-state index contributed by atoms with van der Waals surface area (Å²) in [6, 6.07) is 19.3. The Labute approximate surface area is 167 Å². The van der Waals surface area contributed by atoms with Gasteiger partial charge in [0.15, 0.2) is 0 Å². The largest absolute Gasteiger partial charge is 0.332 e. The predicted molar refractivity (Wildman–Crippen MR) is 107 cm³/mol. The molecule has 7 heteroatoms. The van der Waals surface area contributed by atoms with Crippen molar-refractivity contribution < 1.29 is 9.72 Å². The van der Waals surface area contributed by atoms with Crippen LogP contribution in [-0.2, 0) is 13.0 Å². The van der Waals surface area contributed by atoms with E-state index in [4.69, 9.17) is 11.6 Å². The Morgan fingerprint density at radius 2 is 1.82 bits per heavy atom. The van der Waals surface area contributed by atoms with Crippen LogP contribution < -0.4 is 0 Å². The molecule has 0 saturated carbocycles. The molecule has 0 saturated heterocycles. The number of hydrogen-bond donors (Lipinski definition) is 0. The average molecular weight is 396 g/mol. The van der Waals surface area contributed by atoms with E-state index in [2.05, 4.69) is 4.98 Å². The number of nitro groups is 1. The molecule has 0 unspecified atom stereocenters. The molecule has 3 aromatic rings. The molecule has 1 heterocycles. The van der Waals surface area contributed by atoms with E-state index in [9.17, 15) is 14.9 Å². The minimum atomic E-state index is -0.540. The van der Waals surface area contributed by atoms with E-state index >= 15 is 0 Å². The fourth-order valence-corrected chi connectivity index (χ4v) is 3.07. The van der Waals surface area contributed by atoms with E-state index < -0.39 is 4.92 Å². The van der Waals surface area contributed by atoms with Gasteiger partial charge in [-0.1, -0.05) is 48.0 Å². The number of nitrogens with zero attached hydrogens (tertiary/aromatic N) is 3. The molecule has 0 aliphatic carbocycles. The lowest BCUT2D eigenvalue weighted by atomic mass is 10.1. The van der Waals surface area contributed by atoms with Crippen LogP contribution in [0.5, 0.6) is 0 Å². The van der Waals surface area contributed by atoms with E-state index in [1.807, 2.05) is 48.5 Å². The Morgan fingerprint density at radius 3 is 2.46 bits per heavy atom. The van der Waals surface area contributed by atoms with Crippen molar-refractivity contribution in [1.29, 1.82) is 0 Å². The van der Waals surface area contributed by atoms with Gasteiger partial charge in [0.1, 0.15) is 0 Å². The molecule has 142 valence electrons. The maximum Gasteiger partial charge on any atom is 0.270 e. The van der Waals surface area contributed by atoms with E-state index in [1.54, 1.807) is 11.1 Å². The highest BCUT2D eigenvalue weighted by atomic mass is 35.5. The zero-order chi connectivity index (χ0) is 19.9. The first-order valence-electron chi connectivity index (χ1n) is 8.71. The van der Waals surface area contributed by atoms with Gasteiger partial charge in [0.2, 0.25) is 0 Å². The molecule has 0 bridgehead atoms. The van der Waals surface area contributed by atoms with Gasteiger partial charge in [0, 0.05) is 24.9 Å². The summed E-state index contributed by atoms with van der Waals surface area (Å²) in [6.45, 7) is 0.784. The summed E-state index contributed by atoms with van der Waals surface area (Å²) in [5, 5.41) is 11.0. The van der Waals surface area contributed by atoms with Gasteiger partial charge < -0.3 is 4.90 Å². The summed E-state index contributed by atoms with van der Waals surface area (Å²) in [6.07, 6.45) is 2.35. The number of carbonyl (C=O) groups excluding carboxylic acids is 1. The van der Waals surface area contributed by atoms with Gasteiger partial charge in [-0.25, -0.2) is 0 Å². The monoisotopic (exact) mass is 395 g/mol. The lowest BCUT2D eigenvalue weighted by molar-refractivity contribution is -0.384. The van der Waals surface area contributed by atoms with Gasteiger partial charge in [0.25, 0.3) is 11.6 Å². The van der Waals surface area contributed by atoms with Crippen molar-refractivity contribution >= 4 is 23.2 Å². The zero-order valence-electron chi connectivity index (χ0n) is 15.0. The first-order chi connectivity index (χ1) is 13.5. The van der Waals surface area contributed by atoms with Crippen LogP contribution in [-0.4, -0.2) is 27.3 Å². The topological polar surface area (TPSA) is 76.3 Å². The second kappa shape index (κ2) is 9.10. The number of aromatic nitrogens is 1. The van der Waals surface area contributed by atoms with Gasteiger partial charge in [-0.15, -0.1) is 0 Å². The normalized spacial score (nSPS) is 10.5. The number of pyridine rings is 1. The van der Waals surface area contributed by atoms with Crippen molar-refractivity contribution in [2.45, 2.75) is 13.0 Å². The van der Waals surface area contributed by atoms with E-state index in [-0.39, 0.29) is 22.2 Å². The van der Waals surface area contributed by atoms with Crippen LogP contribution in [0.25, 0.3) is 0 Å². The number of amides is 1. The molecular formula is C21H18ClN3O3. The van der Waals surface area contributed by atoms with Crippen molar-refractivity contribution in [3.05, 3.63) is 105 Å². The molecule has 0 radical (unpaired) electrons. The highest BCUT2D eigenvalue weighted by Gasteiger charge is 2.21. The molecule has 0 aliphatic rings. The van der Waals surface area contributed by atoms with Crippen molar-refractivity contribution in [2.24, 2.45) is 0 Å². The lowest BCUT2D eigenvalue weighted by Crippen LogP contribution is -2.33. The van der Waals surface area contributed by atoms with Gasteiger partial charge in [-0.3, -0.25) is 19.9 Å². The van der Waals surface area contributed by atoms with Crippen LogP contribution >= 0.6 is 11.6 Å². The summed E-state index contributed by atoms with van der Waals surface area (Å²) in [7, 11) is 0. The minimum absolute atomic E-state index is 0.0601. The molecule has 2 aromatic carbocycles. The molecule has 0 atom stereocenters. The molecule has 3 rings (SSSR count). The molecule has 1 amide bonds. The maximum absolute atomic E-state index is 13.1. The second-order valence-corrected chi connectivity index (χ2v) is 6.61. The number of carbonyl (C=O) groups is 1. The van der Waals surface area contributed by atoms with Gasteiger partial charge in [0.05, 0.1) is 27.7 Å². The third-order valence-corrected chi connectivity index (χ3v) is 4.59. The highest BCUT2D eigenvalue weighted by Crippen LogP contribution is 2.24. The van der Waals surface area contributed by atoms with E-state index in [0.717, 1.165) is 11.3 Å².